The molecule has 0 aliphatic rings. The van der Waals surface area contributed by atoms with Crippen molar-refractivity contribution in [3.8, 4) is 0 Å². The van der Waals surface area contributed by atoms with Crippen LogP contribution in [0, 0.1) is 0 Å². The molecule has 1 aromatic heterocycles. The molecule has 0 saturated carbocycles. The van der Waals surface area contributed by atoms with E-state index < -0.39 is 0 Å². The van der Waals surface area contributed by atoms with E-state index in [1.54, 1.807) is 17.4 Å². The molecule has 0 aliphatic carbocycles. The van der Waals surface area contributed by atoms with Crippen LogP contribution in [0.15, 0.2) is 29.6 Å². The maximum Gasteiger partial charge on any atom is 0.106 e. The highest BCUT2D eigenvalue weighted by molar-refractivity contribution is 7.80. The minimum absolute atomic E-state index is 0.354. The van der Waals surface area contributed by atoms with Gasteiger partial charge >= 0.3 is 0 Å². The highest BCUT2D eigenvalue weighted by Gasteiger charge is 2.07. The second-order valence-corrected chi connectivity index (χ2v) is 6.01. The first-order valence-electron chi connectivity index (χ1n) is 6.00. The fraction of sp³-hybridized carbons (Fsp3) is 0.214. The molecule has 100 valence electrons. The molecule has 2 aromatic rings. The van der Waals surface area contributed by atoms with Gasteiger partial charge in [-0.3, -0.25) is 0 Å². The van der Waals surface area contributed by atoms with Gasteiger partial charge in [-0.05, 0) is 41.6 Å². The minimum atomic E-state index is 0.354. The second kappa shape index (κ2) is 6.37. The van der Waals surface area contributed by atoms with E-state index in [1.807, 2.05) is 12.1 Å². The number of nitrogens with one attached hydrogen (secondary N) is 1. The Morgan fingerprint density at radius 1 is 1.42 bits per heavy atom. The van der Waals surface area contributed by atoms with Gasteiger partial charge in [0.2, 0.25) is 0 Å². The third kappa shape index (κ3) is 3.47. The van der Waals surface area contributed by atoms with Crippen LogP contribution in [-0.2, 0) is 13.0 Å². The van der Waals surface area contributed by atoms with E-state index >= 15 is 0 Å². The molecule has 0 bridgehead atoms. The summed E-state index contributed by atoms with van der Waals surface area (Å²) in [6, 6.07) is 7.70. The van der Waals surface area contributed by atoms with Gasteiger partial charge in [0.1, 0.15) is 4.99 Å². The number of thiocarbonyl (C=S) groups is 1. The van der Waals surface area contributed by atoms with Gasteiger partial charge in [0.05, 0.1) is 0 Å². The average Bonchev–Trinajstić information content (AvgIpc) is 2.84. The molecule has 0 atom stereocenters. The molecule has 0 spiro atoms. The van der Waals surface area contributed by atoms with Gasteiger partial charge in [0.15, 0.2) is 0 Å². The third-order valence-electron chi connectivity index (χ3n) is 2.91. The van der Waals surface area contributed by atoms with E-state index in [9.17, 15) is 0 Å². The zero-order chi connectivity index (χ0) is 13.8. The van der Waals surface area contributed by atoms with Crippen LogP contribution in [0.5, 0.6) is 0 Å². The van der Waals surface area contributed by atoms with Crippen molar-refractivity contribution in [3.63, 3.8) is 0 Å². The minimum Gasteiger partial charge on any atom is -0.389 e. The number of nitrogens with two attached hydrogens (primary N) is 1. The van der Waals surface area contributed by atoms with Gasteiger partial charge < -0.3 is 11.1 Å². The summed E-state index contributed by atoms with van der Waals surface area (Å²) in [4.78, 5) is 1.69. The first kappa shape index (κ1) is 14.3. The predicted molar refractivity (Wildman–Crippen MR) is 88.4 cm³/mol. The Labute approximate surface area is 127 Å². The Morgan fingerprint density at radius 2 is 2.21 bits per heavy atom. The van der Waals surface area contributed by atoms with E-state index in [4.69, 9.17) is 29.6 Å². The summed E-state index contributed by atoms with van der Waals surface area (Å²) in [7, 11) is 0. The van der Waals surface area contributed by atoms with Crippen LogP contribution in [0.4, 0.5) is 5.69 Å². The van der Waals surface area contributed by atoms with Crippen LogP contribution in [-0.4, -0.2) is 4.99 Å². The van der Waals surface area contributed by atoms with Crippen molar-refractivity contribution in [2.24, 2.45) is 5.73 Å². The molecule has 0 fully saturated rings. The molecule has 0 saturated heterocycles. The number of halogens is 1. The largest absolute Gasteiger partial charge is 0.389 e. The molecular formula is C14H15ClN2S2. The monoisotopic (exact) mass is 310 g/mol. The summed E-state index contributed by atoms with van der Waals surface area (Å²) in [6.07, 6.45) is 1.04. The van der Waals surface area contributed by atoms with E-state index in [0.29, 0.717) is 10.0 Å². The zero-order valence-electron chi connectivity index (χ0n) is 10.6. The first-order chi connectivity index (χ1) is 9.11. The Bertz CT molecular complexity index is 593. The van der Waals surface area contributed by atoms with Gasteiger partial charge in [-0.15, -0.1) is 11.3 Å². The van der Waals surface area contributed by atoms with Crippen LogP contribution in [0.3, 0.4) is 0 Å². The number of benzene rings is 1. The molecule has 0 amide bonds. The number of hydrogen-bond acceptors (Lipinski definition) is 3. The number of thiophene rings is 1. The van der Waals surface area contributed by atoms with E-state index in [-0.39, 0.29) is 0 Å². The Hall–Kier alpha value is -1.10. The summed E-state index contributed by atoms with van der Waals surface area (Å²) in [5, 5.41) is 6.14. The van der Waals surface area contributed by atoms with Crippen molar-refractivity contribution in [2.45, 2.75) is 19.9 Å². The van der Waals surface area contributed by atoms with Crippen LogP contribution in [0.2, 0.25) is 5.02 Å². The molecule has 0 aliphatic heterocycles. The van der Waals surface area contributed by atoms with E-state index in [0.717, 1.165) is 24.2 Å². The van der Waals surface area contributed by atoms with Crippen LogP contribution in [0.25, 0.3) is 0 Å². The summed E-state index contributed by atoms with van der Waals surface area (Å²) in [5.74, 6) is 0. The Morgan fingerprint density at radius 3 is 2.89 bits per heavy atom. The van der Waals surface area contributed by atoms with Crippen molar-refractivity contribution in [1.82, 2.24) is 0 Å². The molecule has 19 heavy (non-hydrogen) atoms. The Kier molecular flexibility index (Phi) is 4.80. The van der Waals surface area contributed by atoms with Crippen LogP contribution in [0.1, 0.15) is 22.9 Å². The maximum atomic E-state index is 5.97. The lowest BCUT2D eigenvalue weighted by Gasteiger charge is -2.11. The average molecular weight is 311 g/mol. The highest BCUT2D eigenvalue weighted by atomic mass is 35.5. The molecule has 3 N–H and O–H groups in total. The summed E-state index contributed by atoms with van der Waals surface area (Å²) >= 11 is 12.8. The molecule has 0 unspecified atom stereocenters. The Balaban J connectivity index is 2.18. The smallest absolute Gasteiger partial charge is 0.106 e. The predicted octanol–water partition coefficient (Wildman–Crippen LogP) is 4.21. The quantitative estimate of drug-likeness (QED) is 0.812. The van der Waals surface area contributed by atoms with Gasteiger partial charge in [-0.25, -0.2) is 0 Å². The number of aryl methyl sites for hydroxylation is 1. The first-order valence-corrected chi connectivity index (χ1v) is 7.67. The maximum absolute atomic E-state index is 5.97. The van der Waals surface area contributed by atoms with Crippen molar-refractivity contribution in [3.05, 3.63) is 50.7 Å². The van der Waals surface area contributed by atoms with Gasteiger partial charge in [-0.2, -0.15) is 0 Å². The third-order valence-corrected chi connectivity index (χ3v) is 4.32. The summed E-state index contributed by atoms with van der Waals surface area (Å²) < 4.78 is 0. The SMILES string of the molecule is CCc1ccsc1CNc1ccc(Cl)cc1C(N)=S. The highest BCUT2D eigenvalue weighted by Crippen LogP contribution is 2.23. The van der Waals surface area contributed by atoms with Gasteiger partial charge in [-0.1, -0.05) is 30.7 Å². The van der Waals surface area contributed by atoms with E-state index in [1.165, 1.54) is 10.4 Å². The van der Waals surface area contributed by atoms with Crippen molar-refractivity contribution in [1.29, 1.82) is 0 Å². The van der Waals surface area contributed by atoms with Crippen LogP contribution >= 0.6 is 35.2 Å². The lowest BCUT2D eigenvalue weighted by molar-refractivity contribution is 1.08. The van der Waals surface area contributed by atoms with Crippen LogP contribution < -0.4 is 11.1 Å². The molecule has 1 aromatic carbocycles. The zero-order valence-corrected chi connectivity index (χ0v) is 13.0. The lowest BCUT2D eigenvalue weighted by atomic mass is 10.1. The standard InChI is InChI=1S/C14H15ClN2S2/c1-2-9-5-6-19-13(9)8-17-12-4-3-10(15)7-11(12)14(16)18/h3-7,17H,2,8H2,1H3,(H2,16,18). The van der Waals surface area contributed by atoms with Crippen molar-refractivity contribution < 1.29 is 0 Å². The summed E-state index contributed by atoms with van der Waals surface area (Å²) in [5.41, 5.74) is 8.81. The molecule has 5 heteroatoms. The van der Waals surface area contributed by atoms with Crippen molar-refractivity contribution >= 4 is 45.8 Å². The second-order valence-electron chi connectivity index (χ2n) is 4.13. The molecule has 2 nitrogen and oxygen atoms in total. The number of anilines is 1. The van der Waals surface area contributed by atoms with E-state index in [2.05, 4.69) is 23.7 Å². The normalized spacial score (nSPS) is 10.4. The van der Waals surface area contributed by atoms with Gasteiger partial charge in [0.25, 0.3) is 0 Å². The summed E-state index contributed by atoms with van der Waals surface area (Å²) in [6.45, 7) is 2.94. The van der Waals surface area contributed by atoms with Gasteiger partial charge in [0, 0.05) is 27.7 Å². The number of rotatable bonds is 5. The molecular weight excluding hydrogens is 296 g/mol. The molecule has 0 radical (unpaired) electrons. The number of hydrogen-bond donors (Lipinski definition) is 2. The van der Waals surface area contributed by atoms with Crippen molar-refractivity contribution in [2.75, 3.05) is 5.32 Å². The molecule has 2 rings (SSSR count). The topological polar surface area (TPSA) is 38.0 Å². The fourth-order valence-corrected chi connectivity index (χ4v) is 3.14. The lowest BCUT2D eigenvalue weighted by Crippen LogP contribution is -2.13. The fourth-order valence-electron chi connectivity index (χ4n) is 1.89. The molecule has 1 heterocycles.